The van der Waals surface area contributed by atoms with Crippen LogP contribution >= 0.6 is 0 Å². The van der Waals surface area contributed by atoms with Crippen molar-refractivity contribution in [1.29, 1.82) is 0 Å². The fourth-order valence-corrected chi connectivity index (χ4v) is 3.17. The zero-order valence-corrected chi connectivity index (χ0v) is 14.7. The van der Waals surface area contributed by atoms with Crippen LogP contribution in [0.3, 0.4) is 0 Å². The summed E-state index contributed by atoms with van der Waals surface area (Å²) in [7, 11) is 0. The summed E-state index contributed by atoms with van der Waals surface area (Å²) in [5.74, 6) is -0.363. The Balaban J connectivity index is 1.99. The quantitative estimate of drug-likeness (QED) is 0.501. The summed E-state index contributed by atoms with van der Waals surface area (Å²) < 4.78 is 5.14. The molecule has 1 amide bonds. The van der Waals surface area contributed by atoms with E-state index in [0.717, 1.165) is 19.3 Å². The number of amides is 1. The van der Waals surface area contributed by atoms with Gasteiger partial charge in [0.2, 0.25) is 0 Å². The molecular weight excluding hydrogens is 324 g/mol. The predicted octanol–water partition coefficient (Wildman–Crippen LogP) is 3.08. The number of para-hydroxylation sites is 1. The summed E-state index contributed by atoms with van der Waals surface area (Å²) in [6.07, 6.45) is 2.09. The van der Waals surface area contributed by atoms with Crippen LogP contribution in [0.4, 0.5) is 5.69 Å². The monoisotopic (exact) mass is 348 g/mol. The highest BCUT2D eigenvalue weighted by molar-refractivity contribution is 5.95. The third-order valence-electron chi connectivity index (χ3n) is 5.01. The minimum atomic E-state index is -1.02. The van der Waals surface area contributed by atoms with Crippen LogP contribution in [0.2, 0.25) is 0 Å². The van der Waals surface area contributed by atoms with Gasteiger partial charge in [0.05, 0.1) is 4.92 Å². The second-order valence-electron chi connectivity index (χ2n) is 6.70. The molecule has 25 heavy (non-hydrogen) atoms. The molecule has 1 fully saturated rings. The first-order chi connectivity index (χ1) is 11.8. The molecule has 0 bridgehead atoms. The number of nitrogens with zero attached hydrogens (tertiary/aromatic N) is 1. The summed E-state index contributed by atoms with van der Waals surface area (Å²) in [5.41, 5.74) is -0.498. The van der Waals surface area contributed by atoms with E-state index < -0.39 is 17.0 Å². The smallest absolute Gasteiger partial charge is 0.345 e. The normalized spacial score (nSPS) is 24.2. The van der Waals surface area contributed by atoms with E-state index in [9.17, 15) is 19.7 Å². The Hall–Kier alpha value is -2.44. The number of esters is 1. The maximum absolute atomic E-state index is 12.3. The van der Waals surface area contributed by atoms with Gasteiger partial charge in [-0.3, -0.25) is 14.9 Å². The molecule has 0 radical (unpaired) electrons. The van der Waals surface area contributed by atoms with Gasteiger partial charge < -0.3 is 10.1 Å². The summed E-state index contributed by atoms with van der Waals surface area (Å²) in [6, 6.07) is 5.59. The number of ether oxygens (including phenoxy) is 1. The maximum atomic E-state index is 12.3. The second kappa shape index (κ2) is 8.09. The molecule has 1 saturated carbocycles. The van der Waals surface area contributed by atoms with Gasteiger partial charge in [0.25, 0.3) is 11.6 Å². The highest BCUT2D eigenvalue weighted by Crippen LogP contribution is 2.29. The Bertz CT molecular complexity index is 661. The molecule has 1 aromatic rings. The van der Waals surface area contributed by atoms with E-state index in [2.05, 4.69) is 19.2 Å². The van der Waals surface area contributed by atoms with Gasteiger partial charge >= 0.3 is 5.97 Å². The fraction of sp³-hybridized carbons (Fsp3) is 0.556. The molecule has 7 nitrogen and oxygen atoms in total. The third kappa shape index (κ3) is 4.55. The number of rotatable bonds is 5. The van der Waals surface area contributed by atoms with Crippen LogP contribution in [0.15, 0.2) is 24.3 Å². The number of carbonyl (C=O) groups is 2. The van der Waals surface area contributed by atoms with E-state index in [1.54, 1.807) is 0 Å². The Morgan fingerprint density at radius 2 is 1.96 bits per heavy atom. The molecule has 0 heterocycles. The summed E-state index contributed by atoms with van der Waals surface area (Å²) >= 11 is 0. The molecule has 0 saturated heterocycles. The van der Waals surface area contributed by atoms with Crippen LogP contribution < -0.4 is 5.32 Å². The predicted molar refractivity (Wildman–Crippen MR) is 92.1 cm³/mol. The van der Waals surface area contributed by atoms with Gasteiger partial charge in [0.15, 0.2) is 6.10 Å². The minimum absolute atomic E-state index is 0.0588. The van der Waals surface area contributed by atoms with Crippen LogP contribution in [-0.2, 0) is 9.53 Å². The first-order valence-corrected chi connectivity index (χ1v) is 8.56. The van der Waals surface area contributed by atoms with Gasteiger partial charge in [-0.25, -0.2) is 4.79 Å². The van der Waals surface area contributed by atoms with Crippen LogP contribution in [0.1, 0.15) is 50.4 Å². The van der Waals surface area contributed by atoms with E-state index in [4.69, 9.17) is 4.74 Å². The highest BCUT2D eigenvalue weighted by atomic mass is 16.6. The van der Waals surface area contributed by atoms with Crippen molar-refractivity contribution < 1.29 is 19.2 Å². The molecule has 4 atom stereocenters. The van der Waals surface area contributed by atoms with Crippen molar-refractivity contribution in [2.24, 2.45) is 11.8 Å². The fourth-order valence-electron chi connectivity index (χ4n) is 3.17. The summed E-state index contributed by atoms with van der Waals surface area (Å²) in [5, 5.41) is 13.9. The van der Waals surface area contributed by atoms with Crippen molar-refractivity contribution in [1.82, 2.24) is 5.32 Å². The van der Waals surface area contributed by atoms with Crippen molar-refractivity contribution >= 4 is 17.6 Å². The standard InChI is InChI=1S/C18H24N2O5/c1-11-7-6-9-15(12(11)2)19-17(21)13(3)25-18(22)14-8-4-5-10-16(14)20(23)24/h4-5,8,10-13,15H,6-7,9H2,1-3H3,(H,19,21)/t11-,12-,13-,15+/m0/s1. The van der Waals surface area contributed by atoms with Gasteiger partial charge in [-0.15, -0.1) is 0 Å². The first kappa shape index (κ1) is 18.9. The number of carbonyl (C=O) groups excluding carboxylic acids is 2. The van der Waals surface area contributed by atoms with Crippen molar-refractivity contribution in [3.8, 4) is 0 Å². The van der Waals surface area contributed by atoms with E-state index in [0.29, 0.717) is 11.8 Å². The van der Waals surface area contributed by atoms with Gasteiger partial charge in [-0.05, 0) is 31.2 Å². The number of nitro groups is 1. The molecule has 0 aromatic heterocycles. The molecular formula is C18H24N2O5. The van der Waals surface area contributed by atoms with E-state index in [1.807, 2.05) is 0 Å². The van der Waals surface area contributed by atoms with Crippen molar-refractivity contribution in [3.63, 3.8) is 0 Å². The molecule has 2 rings (SSSR count). The van der Waals surface area contributed by atoms with Gasteiger partial charge in [-0.2, -0.15) is 0 Å². The van der Waals surface area contributed by atoms with Gasteiger partial charge in [-0.1, -0.05) is 38.8 Å². The Labute approximate surface area is 146 Å². The van der Waals surface area contributed by atoms with Crippen LogP contribution in [0, 0.1) is 22.0 Å². The van der Waals surface area contributed by atoms with Crippen molar-refractivity contribution in [3.05, 3.63) is 39.9 Å². The van der Waals surface area contributed by atoms with Crippen LogP contribution in [-0.4, -0.2) is 28.9 Å². The molecule has 1 aliphatic carbocycles. The topological polar surface area (TPSA) is 98.5 Å². The molecule has 1 aliphatic rings. The lowest BCUT2D eigenvalue weighted by molar-refractivity contribution is -0.385. The number of hydrogen-bond donors (Lipinski definition) is 1. The Morgan fingerprint density at radius 3 is 2.64 bits per heavy atom. The largest absolute Gasteiger partial charge is 0.449 e. The minimum Gasteiger partial charge on any atom is -0.449 e. The molecule has 7 heteroatoms. The van der Waals surface area contributed by atoms with Crippen molar-refractivity contribution in [2.45, 2.75) is 52.2 Å². The lowest BCUT2D eigenvalue weighted by Gasteiger charge is -2.35. The zero-order chi connectivity index (χ0) is 18.6. The van der Waals surface area contributed by atoms with E-state index >= 15 is 0 Å². The number of nitrogens with one attached hydrogen (secondary N) is 1. The molecule has 1 aromatic carbocycles. The van der Waals surface area contributed by atoms with Crippen LogP contribution in [0.25, 0.3) is 0 Å². The lowest BCUT2D eigenvalue weighted by atomic mass is 9.78. The number of nitro benzene ring substituents is 1. The van der Waals surface area contributed by atoms with E-state index in [1.165, 1.54) is 31.2 Å². The lowest BCUT2D eigenvalue weighted by Crippen LogP contribution is -2.47. The molecule has 0 spiro atoms. The summed E-state index contributed by atoms with van der Waals surface area (Å²) in [6.45, 7) is 5.75. The first-order valence-electron chi connectivity index (χ1n) is 8.56. The average Bonchev–Trinajstić information content (AvgIpc) is 2.58. The molecule has 1 N–H and O–H groups in total. The molecule has 136 valence electrons. The number of hydrogen-bond acceptors (Lipinski definition) is 5. The van der Waals surface area contributed by atoms with Crippen molar-refractivity contribution in [2.75, 3.05) is 0 Å². The van der Waals surface area contributed by atoms with Gasteiger partial charge in [0, 0.05) is 12.1 Å². The maximum Gasteiger partial charge on any atom is 0.345 e. The zero-order valence-electron chi connectivity index (χ0n) is 14.7. The Morgan fingerprint density at radius 1 is 1.28 bits per heavy atom. The number of benzene rings is 1. The Kier molecular flexibility index (Phi) is 6.12. The van der Waals surface area contributed by atoms with Crippen LogP contribution in [0.5, 0.6) is 0 Å². The molecule has 0 unspecified atom stereocenters. The van der Waals surface area contributed by atoms with E-state index in [-0.39, 0.29) is 23.2 Å². The SMILES string of the molecule is C[C@H]1[C@@H](C)CCC[C@H]1NC(=O)[C@H](C)OC(=O)c1ccccc1[N+](=O)[O-]. The summed E-state index contributed by atoms with van der Waals surface area (Å²) in [4.78, 5) is 34.9. The second-order valence-corrected chi connectivity index (χ2v) is 6.70. The third-order valence-corrected chi connectivity index (χ3v) is 5.01. The van der Waals surface area contributed by atoms with Gasteiger partial charge in [0.1, 0.15) is 5.56 Å². The molecule has 0 aliphatic heterocycles. The average molecular weight is 348 g/mol. The highest BCUT2D eigenvalue weighted by Gasteiger charge is 2.31.